The molecule has 2 unspecified atom stereocenters. The third kappa shape index (κ3) is 3.85. The predicted molar refractivity (Wildman–Crippen MR) is 91.1 cm³/mol. The van der Waals surface area contributed by atoms with Crippen molar-refractivity contribution in [3.8, 4) is 17.1 Å². The number of nitrogens with zero attached hydrogens (tertiary/aromatic N) is 2. The van der Waals surface area contributed by atoms with Crippen molar-refractivity contribution in [1.82, 2.24) is 20.8 Å². The Morgan fingerprint density at radius 1 is 1.46 bits per heavy atom. The van der Waals surface area contributed by atoms with Gasteiger partial charge in [0.05, 0.1) is 18.6 Å². The van der Waals surface area contributed by atoms with Crippen LogP contribution >= 0.6 is 12.4 Å². The summed E-state index contributed by atoms with van der Waals surface area (Å²) in [4.78, 5) is 16.5. The summed E-state index contributed by atoms with van der Waals surface area (Å²) >= 11 is 0. The van der Waals surface area contributed by atoms with Gasteiger partial charge >= 0.3 is 0 Å². The summed E-state index contributed by atoms with van der Waals surface area (Å²) in [5.41, 5.74) is 0.753. The van der Waals surface area contributed by atoms with Crippen molar-refractivity contribution in [2.24, 2.45) is 5.92 Å². The first-order chi connectivity index (χ1) is 11.2. The van der Waals surface area contributed by atoms with Crippen LogP contribution in [0.15, 0.2) is 28.8 Å². The van der Waals surface area contributed by atoms with Crippen molar-refractivity contribution in [2.75, 3.05) is 20.2 Å². The number of halogens is 1. The Kier molecular flexibility index (Phi) is 6.16. The molecule has 0 aliphatic carbocycles. The molecule has 1 aliphatic rings. The Labute approximate surface area is 146 Å². The summed E-state index contributed by atoms with van der Waals surface area (Å²) in [6.07, 6.45) is 0.856. The molecule has 1 aliphatic heterocycles. The molecule has 1 fully saturated rings. The molecule has 1 saturated heterocycles. The molecule has 1 amide bonds. The number of benzene rings is 1. The topological polar surface area (TPSA) is 89.3 Å². The fraction of sp³-hybridized carbons (Fsp3) is 0.438. The number of methoxy groups -OCH3 is 1. The third-order valence-electron chi connectivity index (χ3n) is 3.95. The number of carbonyl (C=O) groups is 1. The number of nitrogens with one attached hydrogen (secondary N) is 2. The monoisotopic (exact) mass is 352 g/mol. The Hall–Kier alpha value is -2.12. The van der Waals surface area contributed by atoms with Gasteiger partial charge in [-0.1, -0.05) is 17.3 Å². The van der Waals surface area contributed by atoms with Gasteiger partial charge in [0.15, 0.2) is 0 Å². The highest BCUT2D eigenvalue weighted by Crippen LogP contribution is 2.28. The fourth-order valence-corrected chi connectivity index (χ4v) is 2.62. The van der Waals surface area contributed by atoms with Crippen molar-refractivity contribution in [2.45, 2.75) is 19.4 Å². The first kappa shape index (κ1) is 18.2. The van der Waals surface area contributed by atoms with E-state index >= 15 is 0 Å². The van der Waals surface area contributed by atoms with Crippen LogP contribution in [0.5, 0.6) is 5.75 Å². The van der Waals surface area contributed by atoms with Crippen LogP contribution in [0.3, 0.4) is 0 Å². The summed E-state index contributed by atoms with van der Waals surface area (Å²) in [6, 6.07) is 7.12. The predicted octanol–water partition coefficient (Wildman–Crippen LogP) is 1.95. The normalized spacial score (nSPS) is 17.8. The Bertz CT molecular complexity index is 685. The van der Waals surface area contributed by atoms with Gasteiger partial charge in [-0.25, -0.2) is 0 Å². The van der Waals surface area contributed by atoms with Gasteiger partial charge in [0.2, 0.25) is 17.6 Å². The van der Waals surface area contributed by atoms with Gasteiger partial charge in [0.25, 0.3) is 0 Å². The SMILES string of the molecule is COc1ccccc1-c1noc(C(C)NC(=O)C2CCNC2)n1.Cl. The highest BCUT2D eigenvalue weighted by molar-refractivity contribution is 5.85. The van der Waals surface area contributed by atoms with Crippen LogP contribution < -0.4 is 15.4 Å². The number of para-hydroxylation sites is 1. The van der Waals surface area contributed by atoms with Crippen LogP contribution in [-0.4, -0.2) is 36.2 Å². The first-order valence-corrected chi connectivity index (χ1v) is 7.67. The summed E-state index contributed by atoms with van der Waals surface area (Å²) in [6.45, 7) is 3.43. The second kappa shape index (κ2) is 8.12. The largest absolute Gasteiger partial charge is 0.496 e. The molecule has 0 bridgehead atoms. The molecule has 24 heavy (non-hydrogen) atoms. The van der Waals surface area contributed by atoms with Crippen LogP contribution in [0, 0.1) is 5.92 Å². The fourth-order valence-electron chi connectivity index (χ4n) is 2.62. The number of hydrogen-bond acceptors (Lipinski definition) is 6. The Morgan fingerprint density at radius 3 is 2.96 bits per heavy atom. The molecule has 1 aromatic heterocycles. The number of hydrogen-bond donors (Lipinski definition) is 2. The number of rotatable bonds is 5. The number of carbonyl (C=O) groups excluding carboxylic acids is 1. The van der Waals surface area contributed by atoms with Gasteiger partial charge in [-0.3, -0.25) is 4.79 Å². The molecule has 0 saturated carbocycles. The number of aromatic nitrogens is 2. The molecule has 2 atom stereocenters. The van der Waals surface area contributed by atoms with Crippen molar-refractivity contribution in [3.63, 3.8) is 0 Å². The lowest BCUT2D eigenvalue weighted by Gasteiger charge is -2.13. The quantitative estimate of drug-likeness (QED) is 0.855. The van der Waals surface area contributed by atoms with E-state index in [4.69, 9.17) is 9.26 Å². The van der Waals surface area contributed by atoms with Gasteiger partial charge in [-0.15, -0.1) is 12.4 Å². The minimum Gasteiger partial charge on any atom is -0.496 e. The first-order valence-electron chi connectivity index (χ1n) is 7.67. The van der Waals surface area contributed by atoms with Gasteiger partial charge < -0.3 is 19.9 Å². The van der Waals surface area contributed by atoms with E-state index in [9.17, 15) is 4.79 Å². The highest BCUT2D eigenvalue weighted by Gasteiger charge is 2.25. The Balaban J connectivity index is 0.00000208. The van der Waals surface area contributed by atoms with Crippen LogP contribution in [0.25, 0.3) is 11.4 Å². The van der Waals surface area contributed by atoms with Crippen LogP contribution in [0.4, 0.5) is 0 Å². The lowest BCUT2D eigenvalue weighted by atomic mass is 10.1. The van der Waals surface area contributed by atoms with Gasteiger partial charge in [-0.2, -0.15) is 4.98 Å². The molecule has 2 N–H and O–H groups in total. The van der Waals surface area contributed by atoms with E-state index in [1.165, 1.54) is 0 Å². The molecule has 1 aromatic carbocycles. The van der Waals surface area contributed by atoms with Crippen LogP contribution in [0.2, 0.25) is 0 Å². The molecule has 3 rings (SSSR count). The highest BCUT2D eigenvalue weighted by atomic mass is 35.5. The van der Waals surface area contributed by atoms with E-state index < -0.39 is 0 Å². The average molecular weight is 353 g/mol. The molecular weight excluding hydrogens is 332 g/mol. The minimum absolute atomic E-state index is 0. The smallest absolute Gasteiger partial charge is 0.249 e. The average Bonchev–Trinajstić information content (AvgIpc) is 3.26. The molecule has 2 heterocycles. The minimum atomic E-state index is -0.334. The molecule has 0 radical (unpaired) electrons. The van der Waals surface area contributed by atoms with Crippen LogP contribution in [0.1, 0.15) is 25.3 Å². The van der Waals surface area contributed by atoms with E-state index in [1.54, 1.807) is 7.11 Å². The summed E-state index contributed by atoms with van der Waals surface area (Å²) in [5.74, 6) is 1.52. The van der Waals surface area contributed by atoms with Crippen LogP contribution in [-0.2, 0) is 4.79 Å². The summed E-state index contributed by atoms with van der Waals surface area (Å²) < 4.78 is 10.6. The molecule has 2 aromatic rings. The zero-order valence-corrected chi connectivity index (χ0v) is 14.4. The lowest BCUT2D eigenvalue weighted by molar-refractivity contribution is -0.125. The molecular formula is C16H21ClN4O3. The van der Waals surface area contributed by atoms with Crippen molar-refractivity contribution >= 4 is 18.3 Å². The van der Waals surface area contributed by atoms with E-state index in [1.807, 2.05) is 31.2 Å². The second-order valence-corrected chi connectivity index (χ2v) is 5.58. The Morgan fingerprint density at radius 2 is 2.25 bits per heavy atom. The third-order valence-corrected chi connectivity index (χ3v) is 3.95. The van der Waals surface area contributed by atoms with E-state index in [-0.39, 0.29) is 30.3 Å². The molecule has 0 spiro atoms. The van der Waals surface area contributed by atoms with E-state index in [0.717, 1.165) is 25.1 Å². The lowest BCUT2D eigenvalue weighted by Crippen LogP contribution is -2.33. The van der Waals surface area contributed by atoms with E-state index in [2.05, 4.69) is 20.8 Å². The second-order valence-electron chi connectivity index (χ2n) is 5.58. The molecule has 7 nitrogen and oxygen atoms in total. The van der Waals surface area contributed by atoms with Crippen molar-refractivity contribution < 1.29 is 14.1 Å². The molecule has 8 heteroatoms. The standard InChI is InChI=1S/C16H20N4O3.ClH/c1-10(18-15(21)11-7-8-17-9-11)16-19-14(20-23-16)12-5-3-4-6-13(12)22-2;/h3-6,10-11,17H,7-9H2,1-2H3,(H,18,21);1H. The van der Waals surface area contributed by atoms with Gasteiger partial charge in [-0.05, 0) is 32.0 Å². The van der Waals surface area contributed by atoms with E-state index in [0.29, 0.717) is 17.5 Å². The zero-order valence-electron chi connectivity index (χ0n) is 13.6. The summed E-state index contributed by atoms with van der Waals surface area (Å²) in [5, 5.41) is 10.1. The van der Waals surface area contributed by atoms with Gasteiger partial charge in [0, 0.05) is 6.54 Å². The maximum atomic E-state index is 12.1. The molecule has 130 valence electrons. The summed E-state index contributed by atoms with van der Waals surface area (Å²) in [7, 11) is 1.60. The maximum absolute atomic E-state index is 12.1. The van der Waals surface area contributed by atoms with Crippen molar-refractivity contribution in [3.05, 3.63) is 30.2 Å². The number of ether oxygens (including phenoxy) is 1. The van der Waals surface area contributed by atoms with Gasteiger partial charge in [0.1, 0.15) is 11.8 Å². The number of amides is 1. The maximum Gasteiger partial charge on any atom is 0.249 e. The van der Waals surface area contributed by atoms with Crippen molar-refractivity contribution in [1.29, 1.82) is 0 Å². The zero-order chi connectivity index (χ0) is 16.2.